The number of benzene rings is 2. The van der Waals surface area contributed by atoms with Crippen molar-refractivity contribution in [2.75, 3.05) is 12.9 Å². The molecule has 2 aromatic carbocycles. The van der Waals surface area contributed by atoms with Crippen molar-refractivity contribution in [3.8, 4) is 22.1 Å². The normalized spacial score (nSPS) is 10.6. The van der Waals surface area contributed by atoms with Gasteiger partial charge in [-0.25, -0.2) is 4.79 Å². The molecule has 0 aliphatic carbocycles. The predicted octanol–water partition coefficient (Wildman–Crippen LogP) is 4.51. The van der Waals surface area contributed by atoms with Crippen LogP contribution in [0.2, 0.25) is 0 Å². The Hall–Kier alpha value is -3.63. The number of carbonyl (C=O) groups is 2. The van der Waals surface area contributed by atoms with Gasteiger partial charge in [0.15, 0.2) is 11.0 Å². The van der Waals surface area contributed by atoms with Crippen LogP contribution in [0.3, 0.4) is 0 Å². The van der Waals surface area contributed by atoms with Gasteiger partial charge in [0.25, 0.3) is 0 Å². The quantitative estimate of drug-likeness (QED) is 0.333. The number of nitrogens with one attached hydrogen (secondary N) is 2. The summed E-state index contributed by atoms with van der Waals surface area (Å²) >= 11 is 2.96. The summed E-state index contributed by atoms with van der Waals surface area (Å²) in [6.45, 7) is 0.349. The van der Waals surface area contributed by atoms with E-state index in [2.05, 4.69) is 20.8 Å². The molecule has 0 unspecified atom stereocenters. The summed E-state index contributed by atoms with van der Waals surface area (Å²) in [6.07, 6.45) is 0.149. The lowest BCUT2D eigenvalue weighted by Gasteiger charge is -2.13. The fourth-order valence-electron chi connectivity index (χ4n) is 3.21. The number of para-hydroxylation sites is 2. The number of hydrogen-bond acceptors (Lipinski definition) is 7. The molecule has 0 bridgehead atoms. The highest BCUT2D eigenvalue weighted by Gasteiger charge is 2.20. The van der Waals surface area contributed by atoms with Gasteiger partial charge in [0.2, 0.25) is 5.91 Å². The second kappa shape index (κ2) is 11.5. The fourth-order valence-corrected chi connectivity index (χ4v) is 4.79. The second-order valence-electron chi connectivity index (χ2n) is 7.11. The van der Waals surface area contributed by atoms with E-state index in [0.717, 1.165) is 16.1 Å². The zero-order valence-electron chi connectivity index (χ0n) is 18.4. The summed E-state index contributed by atoms with van der Waals surface area (Å²) < 4.78 is 7.48. The molecular formula is C24H23N5O3S2. The van der Waals surface area contributed by atoms with Crippen LogP contribution >= 0.6 is 23.1 Å². The van der Waals surface area contributed by atoms with Crippen molar-refractivity contribution >= 4 is 35.0 Å². The van der Waals surface area contributed by atoms with Crippen molar-refractivity contribution in [1.29, 1.82) is 0 Å². The van der Waals surface area contributed by atoms with E-state index in [0.29, 0.717) is 29.0 Å². The first-order chi connectivity index (χ1) is 16.7. The van der Waals surface area contributed by atoms with E-state index in [9.17, 15) is 9.59 Å². The van der Waals surface area contributed by atoms with Crippen molar-refractivity contribution in [3.63, 3.8) is 0 Å². The predicted molar refractivity (Wildman–Crippen MR) is 133 cm³/mol. The smallest absolute Gasteiger partial charge is 0.321 e. The van der Waals surface area contributed by atoms with Gasteiger partial charge in [-0.2, -0.15) is 0 Å². The number of hydrogen-bond donors (Lipinski definition) is 2. The number of imide groups is 1. The van der Waals surface area contributed by atoms with Crippen LogP contribution in [0.4, 0.5) is 4.79 Å². The molecule has 4 rings (SSSR count). The largest absolute Gasteiger partial charge is 0.495 e. The zero-order valence-corrected chi connectivity index (χ0v) is 20.1. The number of aromatic nitrogens is 3. The Bertz CT molecular complexity index is 1240. The summed E-state index contributed by atoms with van der Waals surface area (Å²) in [6, 6.07) is 20.6. The Morgan fingerprint density at radius 3 is 2.59 bits per heavy atom. The molecule has 0 atom stereocenters. The Labute approximate surface area is 205 Å². The standard InChI is InChI=1S/C24H23N5O3S2/c1-32-19-11-6-5-10-18(19)29-22(20-12-7-14-33-20)27-28-24(29)34-15-13-21(30)26-23(31)25-16-17-8-3-2-4-9-17/h2-12,14H,13,15-16H2,1H3,(H2,25,26,30,31). The van der Waals surface area contributed by atoms with Crippen LogP contribution in [0.1, 0.15) is 12.0 Å². The number of methoxy groups -OCH3 is 1. The number of urea groups is 1. The van der Waals surface area contributed by atoms with Gasteiger partial charge in [-0.3, -0.25) is 14.7 Å². The highest BCUT2D eigenvalue weighted by atomic mass is 32.2. The SMILES string of the molecule is COc1ccccc1-n1c(SCCC(=O)NC(=O)NCc2ccccc2)nnc1-c1cccs1. The summed E-state index contributed by atoms with van der Waals surface area (Å²) in [4.78, 5) is 25.2. The molecule has 0 fully saturated rings. The molecular weight excluding hydrogens is 470 g/mol. The van der Waals surface area contributed by atoms with Gasteiger partial charge in [-0.15, -0.1) is 21.5 Å². The Morgan fingerprint density at radius 2 is 1.82 bits per heavy atom. The summed E-state index contributed by atoms with van der Waals surface area (Å²) in [5.74, 6) is 1.46. The summed E-state index contributed by atoms with van der Waals surface area (Å²) in [5.41, 5.74) is 1.77. The molecule has 174 valence electrons. The fraction of sp³-hybridized carbons (Fsp3) is 0.167. The van der Waals surface area contributed by atoms with Crippen LogP contribution in [0.25, 0.3) is 16.4 Å². The number of carbonyl (C=O) groups excluding carboxylic acids is 2. The van der Waals surface area contributed by atoms with E-state index in [-0.39, 0.29) is 12.3 Å². The first-order valence-corrected chi connectivity index (χ1v) is 12.4. The minimum Gasteiger partial charge on any atom is -0.495 e. The molecule has 2 N–H and O–H groups in total. The minimum absolute atomic E-state index is 0.149. The van der Waals surface area contributed by atoms with Crippen molar-refractivity contribution in [2.45, 2.75) is 18.1 Å². The third kappa shape index (κ3) is 5.83. The molecule has 4 aromatic rings. The molecule has 0 saturated carbocycles. The maximum absolute atomic E-state index is 12.3. The first-order valence-electron chi connectivity index (χ1n) is 10.5. The monoisotopic (exact) mass is 493 g/mol. The van der Waals surface area contributed by atoms with Gasteiger partial charge in [0, 0.05) is 18.7 Å². The van der Waals surface area contributed by atoms with Gasteiger partial charge >= 0.3 is 6.03 Å². The first kappa shape index (κ1) is 23.5. The zero-order chi connectivity index (χ0) is 23.8. The molecule has 2 aromatic heterocycles. The van der Waals surface area contributed by atoms with E-state index in [4.69, 9.17) is 4.74 Å². The maximum Gasteiger partial charge on any atom is 0.321 e. The van der Waals surface area contributed by atoms with Gasteiger partial charge in [-0.05, 0) is 29.1 Å². The van der Waals surface area contributed by atoms with E-state index >= 15 is 0 Å². The average molecular weight is 494 g/mol. The molecule has 3 amide bonds. The molecule has 0 radical (unpaired) electrons. The van der Waals surface area contributed by atoms with Crippen LogP contribution in [-0.4, -0.2) is 39.6 Å². The Balaban J connectivity index is 1.39. The third-order valence-electron chi connectivity index (χ3n) is 4.81. The molecule has 8 nitrogen and oxygen atoms in total. The Morgan fingerprint density at radius 1 is 1.03 bits per heavy atom. The molecule has 2 heterocycles. The highest BCUT2D eigenvalue weighted by Crippen LogP contribution is 2.34. The number of nitrogens with zero attached hydrogens (tertiary/aromatic N) is 3. The second-order valence-corrected chi connectivity index (χ2v) is 9.12. The maximum atomic E-state index is 12.3. The average Bonchev–Trinajstić information content (AvgIpc) is 3.53. The number of ether oxygens (including phenoxy) is 1. The van der Waals surface area contributed by atoms with E-state index in [1.54, 1.807) is 18.4 Å². The lowest BCUT2D eigenvalue weighted by Crippen LogP contribution is -2.39. The van der Waals surface area contributed by atoms with Crippen LogP contribution in [0.15, 0.2) is 77.3 Å². The van der Waals surface area contributed by atoms with E-state index in [1.165, 1.54) is 11.8 Å². The molecule has 0 aliphatic heterocycles. The molecule has 0 saturated heterocycles. The Kier molecular flexibility index (Phi) is 7.95. The summed E-state index contributed by atoms with van der Waals surface area (Å²) in [7, 11) is 1.62. The van der Waals surface area contributed by atoms with E-state index < -0.39 is 6.03 Å². The lowest BCUT2D eigenvalue weighted by molar-refractivity contribution is -0.119. The molecule has 0 spiro atoms. The van der Waals surface area contributed by atoms with Crippen molar-refractivity contribution < 1.29 is 14.3 Å². The number of thioether (sulfide) groups is 1. The van der Waals surface area contributed by atoms with Gasteiger partial charge in [0.1, 0.15) is 5.75 Å². The minimum atomic E-state index is -0.518. The van der Waals surface area contributed by atoms with Crippen LogP contribution in [0.5, 0.6) is 5.75 Å². The molecule has 0 aliphatic rings. The van der Waals surface area contributed by atoms with Crippen LogP contribution in [-0.2, 0) is 11.3 Å². The third-order valence-corrected chi connectivity index (χ3v) is 6.61. The molecule has 10 heteroatoms. The summed E-state index contributed by atoms with van der Waals surface area (Å²) in [5, 5.41) is 16.4. The highest BCUT2D eigenvalue weighted by molar-refractivity contribution is 7.99. The number of thiophene rings is 1. The molecule has 34 heavy (non-hydrogen) atoms. The lowest BCUT2D eigenvalue weighted by atomic mass is 10.2. The van der Waals surface area contributed by atoms with E-state index in [1.807, 2.05) is 76.7 Å². The van der Waals surface area contributed by atoms with Crippen LogP contribution in [0, 0.1) is 0 Å². The van der Waals surface area contributed by atoms with Crippen molar-refractivity contribution in [2.24, 2.45) is 0 Å². The van der Waals surface area contributed by atoms with Crippen molar-refractivity contribution in [1.82, 2.24) is 25.4 Å². The van der Waals surface area contributed by atoms with Gasteiger partial charge < -0.3 is 10.1 Å². The number of amides is 3. The van der Waals surface area contributed by atoms with Crippen molar-refractivity contribution in [3.05, 3.63) is 77.7 Å². The van der Waals surface area contributed by atoms with Gasteiger partial charge in [0.05, 0.1) is 17.7 Å². The van der Waals surface area contributed by atoms with Crippen LogP contribution < -0.4 is 15.4 Å². The van der Waals surface area contributed by atoms with Gasteiger partial charge in [-0.1, -0.05) is 60.3 Å². The topological polar surface area (TPSA) is 98.1 Å². The number of rotatable bonds is 9.